The van der Waals surface area contributed by atoms with Gasteiger partial charge < -0.3 is 24.8 Å². The molecule has 0 spiro atoms. The maximum absolute atomic E-state index is 13.6. The molecule has 3 fully saturated rings. The SMILES string of the molecule is COCCCn1c([C@@H]2CCCN(C(=O)[C@@H]3CN(C(=O)C4CCCC4)C[C@H]3N)C2)nc2ccccc21. The highest BCUT2D eigenvalue weighted by Crippen LogP contribution is 2.32. The van der Waals surface area contributed by atoms with E-state index in [1.807, 2.05) is 15.9 Å². The molecule has 190 valence electrons. The second kappa shape index (κ2) is 10.7. The standard InChI is InChI=1S/C27H39N5O3/c1-35-15-7-14-32-24-12-5-4-11-23(24)29-25(32)20-10-6-13-30(16-20)27(34)21-17-31(18-22(21)28)26(33)19-8-2-3-9-19/h4-5,11-12,19-22H,2-3,6-10,13-18,28H2,1H3/t20-,21-,22-/m1/s1. The molecule has 8 heteroatoms. The van der Waals surface area contributed by atoms with Gasteiger partial charge in [-0.25, -0.2) is 4.98 Å². The summed E-state index contributed by atoms with van der Waals surface area (Å²) in [6.45, 7) is 3.92. The second-order valence-corrected chi connectivity index (χ2v) is 10.6. The van der Waals surface area contributed by atoms with Gasteiger partial charge in [-0.05, 0) is 44.2 Å². The van der Waals surface area contributed by atoms with Gasteiger partial charge >= 0.3 is 0 Å². The summed E-state index contributed by atoms with van der Waals surface area (Å²) in [5.41, 5.74) is 8.57. The number of hydrogen-bond donors (Lipinski definition) is 1. The Morgan fingerprint density at radius 2 is 1.83 bits per heavy atom. The number of hydrogen-bond acceptors (Lipinski definition) is 5. The first-order chi connectivity index (χ1) is 17.1. The zero-order valence-electron chi connectivity index (χ0n) is 20.9. The fraction of sp³-hybridized carbons (Fsp3) is 0.667. The van der Waals surface area contributed by atoms with E-state index in [2.05, 4.69) is 22.8 Å². The third kappa shape index (κ3) is 4.96. The third-order valence-electron chi connectivity index (χ3n) is 8.21. The largest absolute Gasteiger partial charge is 0.385 e. The molecule has 2 saturated heterocycles. The first kappa shape index (κ1) is 24.3. The van der Waals surface area contributed by atoms with Crippen molar-refractivity contribution >= 4 is 22.8 Å². The Hall–Kier alpha value is -2.45. The number of carbonyl (C=O) groups excluding carboxylic acids is 2. The summed E-state index contributed by atoms with van der Waals surface area (Å²) in [4.78, 5) is 35.4. The molecule has 3 aliphatic rings. The molecular formula is C27H39N5O3. The van der Waals surface area contributed by atoms with Crippen LogP contribution in [0.1, 0.15) is 56.7 Å². The number of fused-ring (bicyclic) bond motifs is 1. The smallest absolute Gasteiger partial charge is 0.229 e. The number of imidazole rings is 1. The molecule has 3 atom stereocenters. The zero-order valence-corrected chi connectivity index (χ0v) is 20.9. The van der Waals surface area contributed by atoms with Gasteiger partial charge in [0.25, 0.3) is 0 Å². The highest BCUT2D eigenvalue weighted by molar-refractivity contribution is 5.84. The molecule has 1 aliphatic carbocycles. The number of methoxy groups -OCH3 is 1. The van der Waals surface area contributed by atoms with Crippen LogP contribution in [-0.4, -0.2) is 77.1 Å². The monoisotopic (exact) mass is 481 g/mol. The van der Waals surface area contributed by atoms with Crippen molar-refractivity contribution in [3.8, 4) is 0 Å². The third-order valence-corrected chi connectivity index (χ3v) is 8.21. The van der Waals surface area contributed by atoms with E-state index in [0.717, 1.165) is 74.9 Å². The van der Waals surface area contributed by atoms with Gasteiger partial charge in [0.2, 0.25) is 11.8 Å². The minimum Gasteiger partial charge on any atom is -0.385 e. The lowest BCUT2D eigenvalue weighted by molar-refractivity contribution is -0.137. The Balaban J connectivity index is 1.29. The topological polar surface area (TPSA) is 93.7 Å². The maximum atomic E-state index is 13.6. The average molecular weight is 482 g/mol. The van der Waals surface area contributed by atoms with Crippen molar-refractivity contribution in [1.29, 1.82) is 0 Å². The summed E-state index contributed by atoms with van der Waals surface area (Å²) in [5, 5.41) is 0. The highest BCUT2D eigenvalue weighted by atomic mass is 16.5. The fourth-order valence-corrected chi connectivity index (χ4v) is 6.33. The lowest BCUT2D eigenvalue weighted by Crippen LogP contribution is -2.47. The first-order valence-corrected chi connectivity index (χ1v) is 13.3. The van der Waals surface area contributed by atoms with E-state index in [4.69, 9.17) is 15.5 Å². The van der Waals surface area contributed by atoms with Crippen LogP contribution in [-0.2, 0) is 20.9 Å². The maximum Gasteiger partial charge on any atom is 0.229 e. The van der Waals surface area contributed by atoms with Crippen molar-refractivity contribution in [2.24, 2.45) is 17.6 Å². The number of aryl methyl sites for hydroxylation is 1. The van der Waals surface area contributed by atoms with E-state index in [9.17, 15) is 9.59 Å². The van der Waals surface area contributed by atoms with Crippen molar-refractivity contribution in [2.75, 3.05) is 39.9 Å². The van der Waals surface area contributed by atoms with E-state index in [1.54, 1.807) is 7.11 Å². The van der Waals surface area contributed by atoms with Gasteiger partial charge in [0.15, 0.2) is 0 Å². The van der Waals surface area contributed by atoms with Crippen LogP contribution in [0.3, 0.4) is 0 Å². The first-order valence-electron chi connectivity index (χ1n) is 13.3. The number of nitrogens with zero attached hydrogens (tertiary/aromatic N) is 4. The number of likely N-dealkylation sites (tertiary alicyclic amines) is 2. The normalized spacial score (nSPS) is 25.6. The zero-order chi connectivity index (χ0) is 24.4. The Morgan fingerprint density at radius 3 is 2.63 bits per heavy atom. The number of nitrogens with two attached hydrogens (primary N) is 1. The Labute approximate surface area is 207 Å². The molecule has 2 aliphatic heterocycles. The van der Waals surface area contributed by atoms with E-state index >= 15 is 0 Å². The number of amides is 2. The molecular weight excluding hydrogens is 442 g/mol. The molecule has 35 heavy (non-hydrogen) atoms. The van der Waals surface area contributed by atoms with Crippen molar-refractivity contribution in [3.63, 3.8) is 0 Å². The molecule has 0 radical (unpaired) electrons. The highest BCUT2D eigenvalue weighted by Gasteiger charge is 2.42. The van der Waals surface area contributed by atoms with Crippen molar-refractivity contribution in [1.82, 2.24) is 19.4 Å². The summed E-state index contributed by atoms with van der Waals surface area (Å²) in [6, 6.07) is 7.97. The lowest BCUT2D eigenvalue weighted by atomic mass is 9.94. The Bertz CT molecular complexity index is 1050. The van der Waals surface area contributed by atoms with Gasteiger partial charge in [0.1, 0.15) is 5.82 Å². The predicted molar refractivity (Wildman–Crippen MR) is 135 cm³/mol. The number of carbonyl (C=O) groups is 2. The number of benzene rings is 1. The molecule has 3 heterocycles. The Kier molecular flexibility index (Phi) is 7.39. The lowest BCUT2D eigenvalue weighted by Gasteiger charge is -2.35. The molecule has 2 aromatic rings. The van der Waals surface area contributed by atoms with Gasteiger partial charge in [0.05, 0.1) is 17.0 Å². The van der Waals surface area contributed by atoms with E-state index in [1.165, 1.54) is 0 Å². The van der Waals surface area contributed by atoms with Crippen LogP contribution in [0.2, 0.25) is 0 Å². The minimum atomic E-state index is -0.306. The van der Waals surface area contributed by atoms with Gasteiger partial charge in [-0.15, -0.1) is 0 Å². The summed E-state index contributed by atoms with van der Waals surface area (Å²) in [6.07, 6.45) is 7.09. The van der Waals surface area contributed by atoms with Crippen LogP contribution >= 0.6 is 0 Å². The molecule has 1 aromatic heterocycles. The van der Waals surface area contributed by atoms with Crippen LogP contribution in [0.5, 0.6) is 0 Å². The number of piperidine rings is 1. The van der Waals surface area contributed by atoms with Crippen LogP contribution in [0.4, 0.5) is 0 Å². The average Bonchev–Trinajstić information content (AvgIpc) is 3.63. The van der Waals surface area contributed by atoms with Crippen LogP contribution < -0.4 is 5.73 Å². The van der Waals surface area contributed by atoms with Gasteiger partial charge in [0, 0.05) is 64.3 Å². The van der Waals surface area contributed by atoms with Crippen molar-refractivity contribution in [3.05, 3.63) is 30.1 Å². The molecule has 1 saturated carbocycles. The molecule has 8 nitrogen and oxygen atoms in total. The molecule has 2 amide bonds. The summed E-state index contributed by atoms with van der Waals surface area (Å²) < 4.78 is 7.60. The summed E-state index contributed by atoms with van der Waals surface area (Å²) >= 11 is 0. The summed E-state index contributed by atoms with van der Waals surface area (Å²) in [7, 11) is 1.73. The van der Waals surface area contributed by atoms with Crippen molar-refractivity contribution < 1.29 is 14.3 Å². The predicted octanol–water partition coefficient (Wildman–Crippen LogP) is 2.75. The van der Waals surface area contributed by atoms with Crippen molar-refractivity contribution in [2.45, 2.75) is 63.5 Å². The number of rotatable bonds is 7. The van der Waals surface area contributed by atoms with Gasteiger partial charge in [-0.1, -0.05) is 25.0 Å². The van der Waals surface area contributed by atoms with E-state index in [0.29, 0.717) is 26.2 Å². The number of para-hydroxylation sites is 2. The number of aromatic nitrogens is 2. The van der Waals surface area contributed by atoms with Gasteiger partial charge in [-0.2, -0.15) is 0 Å². The van der Waals surface area contributed by atoms with Crippen LogP contribution in [0, 0.1) is 11.8 Å². The Morgan fingerprint density at radius 1 is 1.03 bits per heavy atom. The van der Waals surface area contributed by atoms with Gasteiger partial charge in [-0.3, -0.25) is 9.59 Å². The summed E-state index contributed by atoms with van der Waals surface area (Å²) in [5.74, 6) is 1.38. The second-order valence-electron chi connectivity index (χ2n) is 10.6. The molecule has 2 N–H and O–H groups in total. The van der Waals surface area contributed by atoms with Crippen LogP contribution in [0.25, 0.3) is 11.0 Å². The molecule has 5 rings (SSSR count). The quantitative estimate of drug-likeness (QED) is 0.614. The molecule has 1 aromatic carbocycles. The van der Waals surface area contributed by atoms with E-state index < -0.39 is 0 Å². The van der Waals surface area contributed by atoms with E-state index in [-0.39, 0.29) is 35.6 Å². The fourth-order valence-electron chi connectivity index (χ4n) is 6.33. The molecule has 0 bridgehead atoms. The number of ether oxygens (including phenoxy) is 1. The molecule has 0 unspecified atom stereocenters. The van der Waals surface area contributed by atoms with Crippen LogP contribution in [0.15, 0.2) is 24.3 Å². The minimum absolute atomic E-state index is 0.103.